The minimum Gasteiger partial charge on any atom is -0.480 e. The Kier molecular flexibility index (Phi) is 3.01. The van der Waals surface area contributed by atoms with Gasteiger partial charge in [-0.05, 0) is 42.3 Å². The number of halogens is 1. The van der Waals surface area contributed by atoms with Crippen LogP contribution in [0.1, 0.15) is 29.6 Å². The van der Waals surface area contributed by atoms with E-state index in [0.717, 1.165) is 19.3 Å². The number of carboxylic acid groups (broad SMARTS) is 1. The minimum atomic E-state index is -0.928. The van der Waals surface area contributed by atoms with Crippen LogP contribution >= 0.6 is 11.6 Å². The summed E-state index contributed by atoms with van der Waals surface area (Å²) in [6.45, 7) is 0.502. The second-order valence-electron chi connectivity index (χ2n) is 5.20. The van der Waals surface area contributed by atoms with Gasteiger partial charge in [0.25, 0.3) is 5.91 Å². The largest absolute Gasteiger partial charge is 0.480 e. The van der Waals surface area contributed by atoms with Crippen molar-refractivity contribution in [1.82, 2.24) is 4.90 Å². The van der Waals surface area contributed by atoms with Crippen LogP contribution in [0.4, 0.5) is 0 Å². The zero-order valence-corrected chi connectivity index (χ0v) is 11.0. The predicted molar refractivity (Wildman–Crippen MR) is 67.0 cm³/mol. The van der Waals surface area contributed by atoms with Gasteiger partial charge in [0.1, 0.15) is 6.04 Å². The lowest BCUT2D eigenvalue weighted by atomic mass is 9.94. The zero-order chi connectivity index (χ0) is 13.6. The van der Waals surface area contributed by atoms with Crippen LogP contribution in [-0.4, -0.2) is 34.5 Å². The summed E-state index contributed by atoms with van der Waals surface area (Å²) in [6, 6.07) is 0.753. The van der Waals surface area contributed by atoms with Crippen LogP contribution in [-0.2, 0) is 4.79 Å². The maximum absolute atomic E-state index is 12.4. The van der Waals surface area contributed by atoms with Gasteiger partial charge >= 0.3 is 5.97 Å². The third kappa shape index (κ3) is 1.92. The number of carboxylic acids is 1. The Morgan fingerprint density at radius 1 is 1.42 bits per heavy atom. The highest BCUT2D eigenvalue weighted by atomic mass is 35.5. The van der Waals surface area contributed by atoms with E-state index in [1.165, 1.54) is 17.2 Å². The fourth-order valence-corrected chi connectivity index (χ4v) is 3.63. The maximum Gasteiger partial charge on any atom is 0.326 e. The molecule has 19 heavy (non-hydrogen) atoms. The van der Waals surface area contributed by atoms with Gasteiger partial charge in [0.2, 0.25) is 5.22 Å². The molecule has 102 valence electrons. The van der Waals surface area contributed by atoms with Gasteiger partial charge in [-0.3, -0.25) is 4.79 Å². The van der Waals surface area contributed by atoms with Gasteiger partial charge in [0, 0.05) is 6.54 Å². The van der Waals surface area contributed by atoms with E-state index in [0.29, 0.717) is 12.5 Å². The first-order valence-corrected chi connectivity index (χ1v) is 6.74. The predicted octanol–water partition coefficient (Wildman–Crippen LogP) is 2.26. The third-order valence-corrected chi connectivity index (χ3v) is 4.55. The molecular formula is C13H14ClNO4. The fraction of sp³-hybridized carbons (Fsp3) is 0.538. The van der Waals surface area contributed by atoms with Crippen LogP contribution in [0, 0.1) is 11.8 Å². The number of aliphatic carboxylic acids is 1. The molecule has 0 spiro atoms. The number of hydrogen-bond acceptors (Lipinski definition) is 3. The summed E-state index contributed by atoms with van der Waals surface area (Å²) in [4.78, 5) is 25.3. The highest BCUT2D eigenvalue weighted by Gasteiger charge is 2.49. The van der Waals surface area contributed by atoms with Gasteiger partial charge in [-0.1, -0.05) is 6.42 Å². The monoisotopic (exact) mass is 283 g/mol. The van der Waals surface area contributed by atoms with Crippen molar-refractivity contribution in [3.63, 3.8) is 0 Å². The quantitative estimate of drug-likeness (QED) is 0.904. The smallest absolute Gasteiger partial charge is 0.326 e. The first kappa shape index (κ1) is 12.5. The molecule has 5 nitrogen and oxygen atoms in total. The fourth-order valence-electron chi connectivity index (χ4n) is 3.43. The van der Waals surface area contributed by atoms with E-state index in [1.807, 2.05) is 0 Å². The Balaban J connectivity index is 1.90. The van der Waals surface area contributed by atoms with Crippen molar-refractivity contribution in [3.8, 4) is 0 Å². The average Bonchev–Trinajstić information content (AvgIpc) is 3.00. The van der Waals surface area contributed by atoms with Gasteiger partial charge in [0.15, 0.2) is 0 Å². The summed E-state index contributed by atoms with van der Waals surface area (Å²) in [5, 5.41) is 9.42. The molecular weight excluding hydrogens is 270 g/mol. The van der Waals surface area contributed by atoms with E-state index >= 15 is 0 Å². The zero-order valence-electron chi connectivity index (χ0n) is 10.2. The summed E-state index contributed by atoms with van der Waals surface area (Å²) in [5.41, 5.74) is 0.243. The second-order valence-corrected chi connectivity index (χ2v) is 5.55. The van der Waals surface area contributed by atoms with Gasteiger partial charge in [-0.25, -0.2) is 4.79 Å². The number of hydrogen-bond donors (Lipinski definition) is 1. The van der Waals surface area contributed by atoms with Crippen molar-refractivity contribution in [2.45, 2.75) is 25.3 Å². The first-order chi connectivity index (χ1) is 9.09. The maximum atomic E-state index is 12.4. The van der Waals surface area contributed by atoms with E-state index in [4.69, 9.17) is 16.0 Å². The molecule has 1 aromatic rings. The van der Waals surface area contributed by atoms with E-state index in [9.17, 15) is 14.7 Å². The molecule has 1 aliphatic heterocycles. The van der Waals surface area contributed by atoms with Crippen molar-refractivity contribution in [2.75, 3.05) is 6.54 Å². The van der Waals surface area contributed by atoms with Gasteiger partial charge in [-0.15, -0.1) is 0 Å². The number of furan rings is 1. The van der Waals surface area contributed by atoms with Gasteiger partial charge < -0.3 is 14.4 Å². The Bertz CT molecular complexity index is 526. The van der Waals surface area contributed by atoms with Crippen LogP contribution in [0.25, 0.3) is 0 Å². The number of carbonyl (C=O) groups is 2. The van der Waals surface area contributed by atoms with Crippen LogP contribution in [0.5, 0.6) is 0 Å². The SMILES string of the molecule is O=C(O)C1C2CCCC2CN1C(=O)c1ccoc1Cl. The number of fused-ring (bicyclic) bond motifs is 1. The Morgan fingerprint density at radius 2 is 2.21 bits per heavy atom. The lowest BCUT2D eigenvalue weighted by Crippen LogP contribution is -2.43. The highest BCUT2D eigenvalue weighted by Crippen LogP contribution is 2.43. The summed E-state index contributed by atoms with van der Waals surface area (Å²) in [5.74, 6) is -0.897. The molecule has 1 saturated heterocycles. The van der Waals surface area contributed by atoms with E-state index < -0.39 is 12.0 Å². The summed E-state index contributed by atoms with van der Waals surface area (Å²) in [7, 11) is 0. The normalized spacial score (nSPS) is 29.5. The second kappa shape index (κ2) is 4.56. The van der Waals surface area contributed by atoms with E-state index in [1.54, 1.807) is 0 Å². The van der Waals surface area contributed by atoms with E-state index in [-0.39, 0.29) is 22.6 Å². The van der Waals surface area contributed by atoms with Crippen LogP contribution in [0.3, 0.4) is 0 Å². The number of rotatable bonds is 2. The summed E-state index contributed by atoms with van der Waals surface area (Å²) >= 11 is 5.80. The number of carbonyl (C=O) groups excluding carboxylic acids is 1. The molecule has 1 aromatic heterocycles. The van der Waals surface area contributed by atoms with Crippen molar-refractivity contribution < 1.29 is 19.1 Å². The number of amides is 1. The molecule has 2 aliphatic rings. The summed E-state index contributed by atoms with van der Waals surface area (Å²) < 4.78 is 4.91. The topological polar surface area (TPSA) is 70.8 Å². The number of likely N-dealkylation sites (tertiary alicyclic amines) is 1. The minimum absolute atomic E-state index is 0.0196. The molecule has 6 heteroatoms. The number of nitrogens with zero attached hydrogens (tertiary/aromatic N) is 1. The molecule has 1 aliphatic carbocycles. The molecule has 2 fully saturated rings. The molecule has 0 bridgehead atoms. The van der Waals surface area contributed by atoms with Gasteiger partial charge in [-0.2, -0.15) is 0 Å². The molecule has 1 saturated carbocycles. The average molecular weight is 284 g/mol. The molecule has 0 aromatic carbocycles. The van der Waals surface area contributed by atoms with Gasteiger partial charge in [0.05, 0.1) is 11.8 Å². The molecule has 1 N–H and O–H groups in total. The van der Waals surface area contributed by atoms with E-state index in [2.05, 4.69) is 0 Å². The van der Waals surface area contributed by atoms with Crippen molar-refractivity contribution in [1.29, 1.82) is 0 Å². The van der Waals surface area contributed by atoms with Crippen molar-refractivity contribution >= 4 is 23.5 Å². The van der Waals surface area contributed by atoms with Crippen LogP contribution in [0.2, 0.25) is 5.22 Å². The van der Waals surface area contributed by atoms with Crippen molar-refractivity contribution in [3.05, 3.63) is 23.1 Å². The Labute approximate surface area is 115 Å². The molecule has 1 amide bonds. The molecule has 0 radical (unpaired) electrons. The standard InChI is InChI=1S/C13H14ClNO4/c14-11-9(4-5-19-11)12(16)15-6-7-2-1-3-8(7)10(15)13(17)18/h4-5,7-8,10H,1-3,6H2,(H,17,18). The Hall–Kier alpha value is -1.49. The van der Waals surface area contributed by atoms with Crippen LogP contribution < -0.4 is 0 Å². The highest BCUT2D eigenvalue weighted by molar-refractivity contribution is 6.32. The molecule has 3 rings (SSSR count). The molecule has 3 atom stereocenters. The first-order valence-electron chi connectivity index (χ1n) is 6.36. The lowest BCUT2D eigenvalue weighted by molar-refractivity contribution is -0.142. The van der Waals surface area contributed by atoms with Crippen LogP contribution in [0.15, 0.2) is 16.7 Å². The molecule has 3 unspecified atom stereocenters. The lowest BCUT2D eigenvalue weighted by Gasteiger charge is -2.23. The van der Waals surface area contributed by atoms with Crippen molar-refractivity contribution in [2.24, 2.45) is 11.8 Å². The summed E-state index contributed by atoms with van der Waals surface area (Å²) in [6.07, 6.45) is 4.26. The molecule has 2 heterocycles. The third-order valence-electron chi connectivity index (χ3n) is 4.25. The Morgan fingerprint density at radius 3 is 2.84 bits per heavy atom.